The number of ether oxygens (including phenoxy) is 1. The molecule has 4 aromatic rings. The molecule has 35 heavy (non-hydrogen) atoms. The molecule has 2 aromatic carbocycles. The number of nitrogens with zero attached hydrogens (tertiary/aromatic N) is 1. The van der Waals surface area contributed by atoms with Gasteiger partial charge in [-0.2, -0.15) is 0 Å². The number of fused-ring (bicyclic) bond motifs is 4. The van der Waals surface area contributed by atoms with E-state index in [4.69, 9.17) is 4.74 Å². The Bertz CT molecular complexity index is 1290. The highest BCUT2D eigenvalue weighted by Gasteiger charge is 2.15. The summed E-state index contributed by atoms with van der Waals surface area (Å²) in [5.74, 6) is 0.484. The summed E-state index contributed by atoms with van der Waals surface area (Å²) < 4.78 is 5.73. The van der Waals surface area contributed by atoms with Crippen LogP contribution in [0.1, 0.15) is 95.1 Å². The molecule has 4 heteroatoms. The Morgan fingerprint density at radius 2 is 1.51 bits per heavy atom. The van der Waals surface area contributed by atoms with Crippen molar-refractivity contribution in [1.29, 1.82) is 0 Å². The van der Waals surface area contributed by atoms with E-state index in [0.717, 1.165) is 34.6 Å². The van der Waals surface area contributed by atoms with Crippen molar-refractivity contribution in [3.05, 3.63) is 47.8 Å². The minimum absolute atomic E-state index is 0.136. The van der Waals surface area contributed by atoms with Crippen LogP contribution >= 0.6 is 0 Å². The van der Waals surface area contributed by atoms with Crippen LogP contribution in [0.5, 0.6) is 5.75 Å². The molecule has 0 radical (unpaired) electrons. The highest BCUT2D eigenvalue weighted by Crippen LogP contribution is 2.37. The van der Waals surface area contributed by atoms with Crippen molar-refractivity contribution < 1.29 is 9.53 Å². The number of unbranched alkanes of at least 4 members (excludes halogenated alkanes) is 10. The third-order valence-electron chi connectivity index (χ3n) is 7.37. The van der Waals surface area contributed by atoms with E-state index in [0.29, 0.717) is 12.2 Å². The van der Waals surface area contributed by atoms with Gasteiger partial charge in [0.25, 0.3) is 0 Å². The molecule has 0 bridgehead atoms. The molecule has 0 spiro atoms. The molecule has 0 aliphatic carbocycles. The summed E-state index contributed by atoms with van der Waals surface area (Å²) in [6.45, 7) is 6.55. The lowest BCUT2D eigenvalue weighted by atomic mass is 9.97. The molecule has 1 N–H and O–H groups in total. The number of hydrogen-bond donors (Lipinski definition) is 1. The predicted molar refractivity (Wildman–Crippen MR) is 147 cm³/mol. The number of esters is 1. The van der Waals surface area contributed by atoms with Gasteiger partial charge in [-0.3, -0.25) is 9.78 Å². The average molecular weight is 473 g/mol. The van der Waals surface area contributed by atoms with Gasteiger partial charge < -0.3 is 9.72 Å². The van der Waals surface area contributed by atoms with Crippen LogP contribution in [-0.4, -0.2) is 15.9 Å². The zero-order chi connectivity index (χ0) is 24.6. The lowest BCUT2D eigenvalue weighted by molar-refractivity contribution is -0.134. The monoisotopic (exact) mass is 472 g/mol. The van der Waals surface area contributed by atoms with Crippen LogP contribution in [0.2, 0.25) is 0 Å². The first-order chi connectivity index (χ1) is 17.1. The number of rotatable bonds is 13. The molecule has 186 valence electrons. The van der Waals surface area contributed by atoms with Crippen LogP contribution in [0, 0.1) is 13.8 Å². The van der Waals surface area contributed by atoms with Crippen LogP contribution in [0.4, 0.5) is 0 Å². The molecule has 0 aliphatic rings. The summed E-state index contributed by atoms with van der Waals surface area (Å²) in [4.78, 5) is 20.4. The maximum atomic E-state index is 12.5. The maximum Gasteiger partial charge on any atom is 0.311 e. The zero-order valence-corrected chi connectivity index (χ0v) is 21.7. The Morgan fingerprint density at radius 3 is 2.23 bits per heavy atom. The average Bonchev–Trinajstić information content (AvgIpc) is 3.25. The van der Waals surface area contributed by atoms with E-state index in [-0.39, 0.29) is 5.97 Å². The topological polar surface area (TPSA) is 55.0 Å². The van der Waals surface area contributed by atoms with Crippen molar-refractivity contribution in [3.8, 4) is 5.75 Å². The minimum Gasteiger partial charge on any atom is -0.427 e. The van der Waals surface area contributed by atoms with Crippen LogP contribution < -0.4 is 4.74 Å². The highest BCUT2D eigenvalue weighted by atomic mass is 16.5. The van der Waals surface area contributed by atoms with E-state index >= 15 is 0 Å². The van der Waals surface area contributed by atoms with Crippen molar-refractivity contribution in [3.63, 3.8) is 0 Å². The SMILES string of the molecule is CCCCCCCCCCCCCC(=O)Oc1ccc2[nH]c3c(C)c4ccncc4c(C)c3c2c1. The molecule has 4 rings (SSSR count). The second kappa shape index (κ2) is 12.2. The number of benzene rings is 2. The summed E-state index contributed by atoms with van der Waals surface area (Å²) >= 11 is 0. The van der Waals surface area contributed by atoms with Gasteiger partial charge in [-0.05, 0) is 61.0 Å². The summed E-state index contributed by atoms with van der Waals surface area (Å²) in [5, 5.41) is 4.65. The maximum absolute atomic E-state index is 12.5. The molecule has 0 unspecified atom stereocenters. The van der Waals surface area contributed by atoms with Crippen molar-refractivity contribution in [1.82, 2.24) is 9.97 Å². The number of aryl methyl sites for hydroxylation is 2. The number of aromatic nitrogens is 2. The second-order valence-corrected chi connectivity index (χ2v) is 10.0. The van der Waals surface area contributed by atoms with Gasteiger partial charge in [-0.25, -0.2) is 0 Å². The van der Waals surface area contributed by atoms with E-state index in [1.54, 1.807) is 0 Å². The van der Waals surface area contributed by atoms with Crippen LogP contribution in [-0.2, 0) is 4.79 Å². The number of hydrogen-bond acceptors (Lipinski definition) is 3. The van der Waals surface area contributed by atoms with Gasteiger partial charge in [0.05, 0.1) is 5.52 Å². The predicted octanol–water partition coefficient (Wildman–Crippen LogP) is 9.09. The van der Waals surface area contributed by atoms with Gasteiger partial charge in [0.2, 0.25) is 0 Å². The third kappa shape index (κ3) is 6.04. The van der Waals surface area contributed by atoms with Crippen molar-refractivity contribution >= 4 is 38.5 Å². The van der Waals surface area contributed by atoms with Gasteiger partial charge in [0.1, 0.15) is 5.75 Å². The van der Waals surface area contributed by atoms with Crippen LogP contribution in [0.15, 0.2) is 36.7 Å². The summed E-state index contributed by atoms with van der Waals surface area (Å²) in [6.07, 6.45) is 18.3. The Balaban J connectivity index is 1.30. The smallest absolute Gasteiger partial charge is 0.311 e. The summed E-state index contributed by atoms with van der Waals surface area (Å²) in [6, 6.07) is 7.98. The van der Waals surface area contributed by atoms with E-state index in [1.165, 1.54) is 79.7 Å². The molecule has 0 atom stereocenters. The summed E-state index contributed by atoms with van der Waals surface area (Å²) in [5.41, 5.74) is 4.61. The number of nitrogens with one attached hydrogen (secondary N) is 1. The number of pyridine rings is 1. The van der Waals surface area contributed by atoms with Gasteiger partial charge in [-0.1, -0.05) is 71.1 Å². The van der Waals surface area contributed by atoms with Crippen molar-refractivity contribution in [2.75, 3.05) is 0 Å². The molecule has 0 fully saturated rings. The zero-order valence-electron chi connectivity index (χ0n) is 21.7. The van der Waals surface area contributed by atoms with Gasteiger partial charge in [0, 0.05) is 40.5 Å². The van der Waals surface area contributed by atoms with E-state index < -0.39 is 0 Å². The molecule has 0 aliphatic heterocycles. The lowest BCUT2D eigenvalue weighted by Crippen LogP contribution is -2.07. The number of carbonyl (C=O) groups excluding carboxylic acids is 1. The normalized spacial score (nSPS) is 11.6. The third-order valence-corrected chi connectivity index (χ3v) is 7.37. The highest BCUT2D eigenvalue weighted by molar-refractivity contribution is 6.16. The van der Waals surface area contributed by atoms with Gasteiger partial charge >= 0.3 is 5.97 Å². The Labute approximate surface area is 209 Å². The fourth-order valence-electron chi connectivity index (χ4n) is 5.31. The molecule has 2 aromatic heterocycles. The Morgan fingerprint density at radius 1 is 0.829 bits per heavy atom. The number of H-pyrrole nitrogens is 1. The van der Waals surface area contributed by atoms with Crippen LogP contribution in [0.25, 0.3) is 32.6 Å². The standard InChI is InChI=1S/C31H40N2O2/c1-4-5-6-7-8-9-10-11-12-13-14-15-29(34)35-24-16-17-28-26(20-24)30-22(2)27-21-32-19-18-25(27)23(3)31(30)33-28/h16-21,33H,4-15H2,1-3H3. The number of carbonyl (C=O) groups is 1. The van der Waals surface area contributed by atoms with E-state index in [1.807, 2.05) is 30.6 Å². The number of aromatic amines is 1. The van der Waals surface area contributed by atoms with E-state index in [9.17, 15) is 4.79 Å². The van der Waals surface area contributed by atoms with Gasteiger partial charge in [-0.15, -0.1) is 0 Å². The molecule has 0 saturated carbocycles. The molecule has 0 saturated heterocycles. The van der Waals surface area contributed by atoms with E-state index in [2.05, 4.69) is 36.8 Å². The Kier molecular flexibility index (Phi) is 8.79. The largest absolute Gasteiger partial charge is 0.427 e. The molecular weight excluding hydrogens is 432 g/mol. The van der Waals surface area contributed by atoms with Crippen LogP contribution in [0.3, 0.4) is 0 Å². The second-order valence-electron chi connectivity index (χ2n) is 10.0. The fraction of sp³-hybridized carbons (Fsp3) is 0.484. The molecule has 0 amide bonds. The lowest BCUT2D eigenvalue weighted by Gasteiger charge is -2.08. The molecule has 4 nitrogen and oxygen atoms in total. The first kappa shape index (κ1) is 25.2. The van der Waals surface area contributed by atoms with Crippen molar-refractivity contribution in [2.45, 2.75) is 97.8 Å². The Hall–Kier alpha value is -2.88. The quantitative estimate of drug-likeness (QED) is 0.120. The van der Waals surface area contributed by atoms with Crippen molar-refractivity contribution in [2.24, 2.45) is 0 Å². The van der Waals surface area contributed by atoms with Gasteiger partial charge in [0.15, 0.2) is 0 Å². The molecular formula is C31H40N2O2. The molecule has 2 heterocycles. The summed E-state index contributed by atoms with van der Waals surface area (Å²) in [7, 11) is 0. The first-order valence-corrected chi connectivity index (χ1v) is 13.6. The fourth-order valence-corrected chi connectivity index (χ4v) is 5.31. The first-order valence-electron chi connectivity index (χ1n) is 13.6. The minimum atomic E-state index is -0.136.